The summed E-state index contributed by atoms with van der Waals surface area (Å²) < 4.78 is 10.2. The number of cyclic esters (lactones) is 1. The van der Waals surface area contributed by atoms with E-state index in [1.165, 1.54) is 25.5 Å². The third-order valence-corrected chi connectivity index (χ3v) is 7.28. The zero-order valence-corrected chi connectivity index (χ0v) is 16.1. The highest BCUT2D eigenvalue weighted by Crippen LogP contribution is 2.62. The Hall–Kier alpha value is -1.32. The maximum atomic E-state index is 12.6. The van der Waals surface area contributed by atoms with Crippen molar-refractivity contribution in [2.75, 3.05) is 13.7 Å². The van der Waals surface area contributed by atoms with Gasteiger partial charge in [-0.2, -0.15) is 0 Å². The topological polar surface area (TPSA) is 52.6 Å². The molecule has 2 aliphatic carbocycles. The molecule has 0 N–H and O–H groups in total. The molecule has 25 heavy (non-hydrogen) atoms. The van der Waals surface area contributed by atoms with Crippen LogP contribution in [0.2, 0.25) is 0 Å². The van der Waals surface area contributed by atoms with E-state index in [0.717, 1.165) is 19.3 Å². The van der Waals surface area contributed by atoms with E-state index in [-0.39, 0.29) is 41.0 Å². The number of fused-ring (bicyclic) bond motifs is 1. The number of ether oxygens (including phenoxy) is 2. The van der Waals surface area contributed by atoms with E-state index < -0.39 is 0 Å². The fourth-order valence-corrected chi connectivity index (χ4v) is 5.91. The van der Waals surface area contributed by atoms with Gasteiger partial charge in [0.2, 0.25) is 0 Å². The van der Waals surface area contributed by atoms with Gasteiger partial charge in [-0.1, -0.05) is 32.9 Å². The smallest absolute Gasteiger partial charge is 0.309 e. The maximum absolute atomic E-state index is 12.6. The number of hydrogen-bond acceptors (Lipinski definition) is 4. The molecule has 1 saturated heterocycles. The van der Waals surface area contributed by atoms with Crippen molar-refractivity contribution in [3.05, 3.63) is 12.2 Å². The highest BCUT2D eigenvalue weighted by molar-refractivity contribution is 5.78. The number of carbonyl (C=O) groups is 2. The lowest BCUT2D eigenvalue weighted by Crippen LogP contribution is -2.35. The van der Waals surface area contributed by atoms with Crippen LogP contribution in [0.3, 0.4) is 0 Å². The SMILES string of the molecule is C=C1CCCC(C)(C)[C@@H]2C[C@@](C)([C@@H]3C(=O)OC[C@@H]3CC(=O)OC)C[C@H]12. The highest BCUT2D eigenvalue weighted by atomic mass is 16.5. The fourth-order valence-electron chi connectivity index (χ4n) is 5.91. The molecule has 140 valence electrons. The minimum absolute atomic E-state index is 0.0660. The molecule has 4 nitrogen and oxygen atoms in total. The summed E-state index contributed by atoms with van der Waals surface area (Å²) in [6.07, 6.45) is 5.79. The van der Waals surface area contributed by atoms with Crippen molar-refractivity contribution in [1.29, 1.82) is 0 Å². The molecule has 5 atom stereocenters. The number of allylic oxidation sites excluding steroid dienone is 1. The lowest BCUT2D eigenvalue weighted by molar-refractivity contribution is -0.145. The Labute approximate surface area is 151 Å². The summed E-state index contributed by atoms with van der Waals surface area (Å²) in [4.78, 5) is 24.4. The largest absolute Gasteiger partial charge is 0.469 e. The van der Waals surface area contributed by atoms with Crippen molar-refractivity contribution >= 4 is 11.9 Å². The van der Waals surface area contributed by atoms with Crippen LogP contribution in [-0.4, -0.2) is 25.7 Å². The van der Waals surface area contributed by atoms with Gasteiger partial charge >= 0.3 is 11.9 Å². The van der Waals surface area contributed by atoms with E-state index in [9.17, 15) is 9.59 Å². The van der Waals surface area contributed by atoms with Gasteiger partial charge in [-0.3, -0.25) is 9.59 Å². The fraction of sp³-hybridized carbons (Fsp3) is 0.810. The van der Waals surface area contributed by atoms with E-state index in [1.807, 2.05) is 0 Å². The first-order chi connectivity index (χ1) is 11.7. The summed E-state index contributed by atoms with van der Waals surface area (Å²) in [6, 6.07) is 0. The summed E-state index contributed by atoms with van der Waals surface area (Å²) in [7, 11) is 1.40. The Balaban J connectivity index is 1.87. The monoisotopic (exact) mass is 348 g/mol. The molecule has 0 aromatic carbocycles. The van der Waals surface area contributed by atoms with E-state index in [1.54, 1.807) is 0 Å². The first-order valence-corrected chi connectivity index (χ1v) is 9.59. The van der Waals surface area contributed by atoms with Crippen LogP contribution in [0.25, 0.3) is 0 Å². The Morgan fingerprint density at radius 1 is 1.32 bits per heavy atom. The molecule has 3 rings (SSSR count). The summed E-state index contributed by atoms with van der Waals surface area (Å²) in [5.41, 5.74) is 1.50. The van der Waals surface area contributed by atoms with Crippen molar-refractivity contribution in [1.82, 2.24) is 0 Å². The van der Waals surface area contributed by atoms with Gasteiger partial charge in [-0.15, -0.1) is 0 Å². The van der Waals surface area contributed by atoms with Crippen molar-refractivity contribution in [2.24, 2.45) is 34.5 Å². The second-order valence-electron chi connectivity index (χ2n) is 9.42. The van der Waals surface area contributed by atoms with Gasteiger partial charge in [0.25, 0.3) is 0 Å². The summed E-state index contributed by atoms with van der Waals surface area (Å²) in [5, 5.41) is 0. The van der Waals surface area contributed by atoms with Gasteiger partial charge in [-0.25, -0.2) is 0 Å². The number of carbonyl (C=O) groups excluding carboxylic acids is 2. The molecule has 0 amide bonds. The van der Waals surface area contributed by atoms with E-state index >= 15 is 0 Å². The molecule has 0 spiro atoms. The highest BCUT2D eigenvalue weighted by Gasteiger charge is 2.57. The van der Waals surface area contributed by atoms with Gasteiger partial charge in [0.1, 0.15) is 0 Å². The molecule has 0 bridgehead atoms. The van der Waals surface area contributed by atoms with Crippen LogP contribution in [0, 0.1) is 34.5 Å². The molecular formula is C21H32O4. The summed E-state index contributed by atoms with van der Waals surface area (Å²) in [6.45, 7) is 11.7. The van der Waals surface area contributed by atoms with Crippen LogP contribution in [0.1, 0.15) is 59.3 Å². The molecule has 0 aromatic rings. The zero-order chi connectivity index (χ0) is 18.4. The van der Waals surface area contributed by atoms with Gasteiger partial charge < -0.3 is 9.47 Å². The Morgan fingerprint density at radius 2 is 2.04 bits per heavy atom. The van der Waals surface area contributed by atoms with Crippen LogP contribution in [0.5, 0.6) is 0 Å². The molecule has 1 aliphatic heterocycles. The van der Waals surface area contributed by atoms with Crippen molar-refractivity contribution < 1.29 is 19.1 Å². The second-order valence-corrected chi connectivity index (χ2v) is 9.42. The third-order valence-electron chi connectivity index (χ3n) is 7.28. The van der Waals surface area contributed by atoms with Crippen LogP contribution in [0.4, 0.5) is 0 Å². The van der Waals surface area contributed by atoms with E-state index in [2.05, 4.69) is 27.4 Å². The Kier molecular flexibility index (Phi) is 4.76. The average Bonchev–Trinajstić information content (AvgIpc) is 3.06. The molecule has 0 aromatic heterocycles. The van der Waals surface area contributed by atoms with Crippen LogP contribution in [-0.2, 0) is 19.1 Å². The summed E-state index contributed by atoms with van der Waals surface area (Å²) in [5.74, 6) is 0.380. The zero-order valence-electron chi connectivity index (χ0n) is 16.1. The molecule has 3 aliphatic rings. The average molecular weight is 348 g/mol. The molecule has 3 fully saturated rings. The minimum atomic E-state index is -0.256. The van der Waals surface area contributed by atoms with Crippen LogP contribution in [0.15, 0.2) is 12.2 Å². The molecule has 0 unspecified atom stereocenters. The van der Waals surface area contributed by atoms with Crippen molar-refractivity contribution in [3.63, 3.8) is 0 Å². The molecule has 0 radical (unpaired) electrons. The van der Waals surface area contributed by atoms with Gasteiger partial charge in [0.05, 0.1) is 26.1 Å². The quantitative estimate of drug-likeness (QED) is 0.568. The molecule has 2 saturated carbocycles. The van der Waals surface area contributed by atoms with Crippen molar-refractivity contribution in [2.45, 2.75) is 59.3 Å². The van der Waals surface area contributed by atoms with Crippen LogP contribution < -0.4 is 0 Å². The minimum Gasteiger partial charge on any atom is -0.469 e. The van der Waals surface area contributed by atoms with Gasteiger partial charge in [0.15, 0.2) is 0 Å². The molecular weight excluding hydrogens is 316 g/mol. The van der Waals surface area contributed by atoms with E-state index in [4.69, 9.17) is 9.47 Å². The normalized spacial score (nSPS) is 40.3. The molecule has 1 heterocycles. The molecule has 4 heteroatoms. The number of rotatable bonds is 3. The first-order valence-electron chi connectivity index (χ1n) is 9.59. The third kappa shape index (κ3) is 3.24. The maximum Gasteiger partial charge on any atom is 0.309 e. The lowest BCUT2D eigenvalue weighted by atomic mass is 9.67. The number of methoxy groups -OCH3 is 1. The Morgan fingerprint density at radius 3 is 2.72 bits per heavy atom. The van der Waals surface area contributed by atoms with Crippen molar-refractivity contribution in [3.8, 4) is 0 Å². The van der Waals surface area contributed by atoms with Gasteiger partial charge in [-0.05, 0) is 54.8 Å². The summed E-state index contributed by atoms with van der Waals surface area (Å²) >= 11 is 0. The van der Waals surface area contributed by atoms with E-state index in [0.29, 0.717) is 18.4 Å². The standard InChI is InChI=1S/C21H32O4/c1-13-7-6-8-20(2,3)16-11-21(4,10-15(13)16)18-14(9-17(22)24-5)12-25-19(18)23/h14-16,18H,1,6-12H2,2-5H3/t14-,15+,16+,18-,21-/m0/s1. The lowest BCUT2D eigenvalue weighted by Gasteiger charge is -2.36. The first kappa shape index (κ1) is 18.5. The van der Waals surface area contributed by atoms with Crippen LogP contribution >= 0.6 is 0 Å². The predicted molar refractivity (Wildman–Crippen MR) is 95.7 cm³/mol. The number of hydrogen-bond donors (Lipinski definition) is 0. The predicted octanol–water partition coefficient (Wildman–Crippen LogP) is 4.14. The van der Waals surface area contributed by atoms with Gasteiger partial charge in [0, 0.05) is 5.92 Å². The Bertz CT molecular complexity index is 578. The second kappa shape index (κ2) is 6.44. The number of esters is 2.